The van der Waals surface area contributed by atoms with Gasteiger partial charge in [-0.15, -0.1) is 0 Å². The van der Waals surface area contributed by atoms with E-state index in [1.165, 1.54) is 31.4 Å². The van der Waals surface area contributed by atoms with Gasteiger partial charge < -0.3 is 19.9 Å². The number of carbonyl (C=O) groups excluding carboxylic acids is 2. The van der Waals surface area contributed by atoms with E-state index in [2.05, 4.69) is 5.32 Å². The predicted octanol–water partition coefficient (Wildman–Crippen LogP) is 3.53. The van der Waals surface area contributed by atoms with E-state index in [4.69, 9.17) is 4.74 Å². The molecular weight excluding hydrogens is 373 g/mol. The van der Waals surface area contributed by atoms with Gasteiger partial charge in [0.05, 0.1) is 0 Å². The highest BCUT2D eigenvalue weighted by atomic mass is 19.1. The summed E-state index contributed by atoms with van der Waals surface area (Å²) in [5, 5.41) is 2.79. The molecule has 2 amide bonds. The van der Waals surface area contributed by atoms with Crippen LogP contribution in [0.2, 0.25) is 0 Å². The van der Waals surface area contributed by atoms with Gasteiger partial charge >= 0.3 is 0 Å². The fourth-order valence-electron chi connectivity index (χ4n) is 3.06. The van der Waals surface area contributed by atoms with Gasteiger partial charge in [0.2, 0.25) is 5.91 Å². The van der Waals surface area contributed by atoms with Crippen LogP contribution in [0, 0.1) is 5.82 Å². The van der Waals surface area contributed by atoms with Crippen LogP contribution in [0.15, 0.2) is 42.5 Å². The molecule has 0 unspecified atom stereocenters. The maximum Gasteiger partial charge on any atom is 0.254 e. The molecule has 2 rings (SSSR count). The van der Waals surface area contributed by atoms with Crippen molar-refractivity contribution in [1.82, 2.24) is 4.90 Å². The third-order valence-corrected chi connectivity index (χ3v) is 4.35. The number of halogens is 1. The van der Waals surface area contributed by atoms with E-state index < -0.39 is 0 Å². The van der Waals surface area contributed by atoms with Crippen molar-refractivity contribution < 1.29 is 18.7 Å². The number of rotatable bonds is 9. The first-order valence-corrected chi connectivity index (χ1v) is 9.49. The molecule has 0 fully saturated rings. The van der Waals surface area contributed by atoms with Crippen molar-refractivity contribution in [3.8, 4) is 0 Å². The van der Waals surface area contributed by atoms with Crippen molar-refractivity contribution in [1.29, 1.82) is 0 Å². The molecule has 2 aromatic rings. The lowest BCUT2D eigenvalue weighted by Gasteiger charge is -2.26. The summed E-state index contributed by atoms with van der Waals surface area (Å²) in [4.78, 5) is 28.5. The number of amides is 2. The van der Waals surface area contributed by atoms with Gasteiger partial charge in [0.25, 0.3) is 5.91 Å². The third kappa shape index (κ3) is 6.29. The van der Waals surface area contributed by atoms with Gasteiger partial charge in [-0.2, -0.15) is 0 Å². The highest BCUT2D eigenvalue weighted by Gasteiger charge is 2.18. The molecule has 0 bridgehead atoms. The molecule has 0 aliphatic carbocycles. The largest absolute Gasteiger partial charge is 0.377 e. The normalized spacial score (nSPS) is 10.5. The molecule has 0 aromatic heterocycles. The Kier molecular flexibility index (Phi) is 8.15. The second kappa shape index (κ2) is 10.6. The second-order valence-electron chi connectivity index (χ2n) is 6.95. The minimum Gasteiger partial charge on any atom is -0.377 e. The Balaban J connectivity index is 2.31. The molecule has 0 aliphatic heterocycles. The average Bonchev–Trinajstić information content (AvgIpc) is 2.68. The van der Waals surface area contributed by atoms with Crippen LogP contribution in [0.5, 0.6) is 0 Å². The van der Waals surface area contributed by atoms with Crippen LogP contribution in [0.1, 0.15) is 29.3 Å². The molecule has 2 aromatic carbocycles. The Morgan fingerprint density at radius 2 is 1.79 bits per heavy atom. The number of ether oxygens (including phenoxy) is 1. The van der Waals surface area contributed by atoms with E-state index in [9.17, 15) is 14.0 Å². The summed E-state index contributed by atoms with van der Waals surface area (Å²) >= 11 is 0. The Labute approximate surface area is 171 Å². The Bertz CT molecular complexity index is 838. The average molecular weight is 401 g/mol. The molecule has 7 heteroatoms. The number of nitrogens with zero attached hydrogens (tertiary/aromatic N) is 2. The molecular formula is C22H28FN3O3. The van der Waals surface area contributed by atoms with Crippen LogP contribution in [0.4, 0.5) is 15.8 Å². The minimum absolute atomic E-state index is 0.0320. The molecule has 0 aliphatic rings. The fraction of sp³-hybridized carbons (Fsp3) is 0.364. The second-order valence-corrected chi connectivity index (χ2v) is 6.95. The number of benzene rings is 2. The number of hydrogen-bond acceptors (Lipinski definition) is 4. The summed E-state index contributed by atoms with van der Waals surface area (Å²) in [5.41, 5.74) is 2.92. The summed E-state index contributed by atoms with van der Waals surface area (Å²) in [5.74, 6) is -0.785. The van der Waals surface area contributed by atoms with E-state index in [0.717, 1.165) is 17.7 Å². The number of hydrogen-bond donors (Lipinski definition) is 1. The molecule has 0 heterocycles. The predicted molar refractivity (Wildman–Crippen MR) is 113 cm³/mol. The zero-order chi connectivity index (χ0) is 21.4. The van der Waals surface area contributed by atoms with Crippen LogP contribution in [-0.2, 0) is 16.1 Å². The molecule has 0 saturated heterocycles. The SMILES string of the molecule is CCCN(Cc1cc(NC(=O)COC)ccc1N(C)C)C(=O)c1ccc(F)cc1. The van der Waals surface area contributed by atoms with Gasteiger partial charge in [-0.3, -0.25) is 9.59 Å². The molecule has 0 spiro atoms. The maximum absolute atomic E-state index is 13.2. The van der Waals surface area contributed by atoms with Gasteiger partial charge in [0.15, 0.2) is 0 Å². The zero-order valence-electron chi connectivity index (χ0n) is 17.4. The first-order chi connectivity index (χ1) is 13.8. The van der Waals surface area contributed by atoms with E-state index in [1.807, 2.05) is 44.1 Å². The van der Waals surface area contributed by atoms with E-state index in [-0.39, 0.29) is 24.2 Å². The van der Waals surface area contributed by atoms with Crippen LogP contribution in [-0.4, -0.2) is 51.1 Å². The van der Waals surface area contributed by atoms with Crippen LogP contribution in [0.25, 0.3) is 0 Å². The molecule has 1 N–H and O–H groups in total. The Morgan fingerprint density at radius 1 is 1.10 bits per heavy atom. The third-order valence-electron chi connectivity index (χ3n) is 4.35. The minimum atomic E-state index is -0.377. The van der Waals surface area contributed by atoms with E-state index in [0.29, 0.717) is 24.3 Å². The van der Waals surface area contributed by atoms with Crippen molar-refractivity contribution in [3.63, 3.8) is 0 Å². The van der Waals surface area contributed by atoms with Gasteiger partial charge in [0, 0.05) is 51.2 Å². The van der Waals surface area contributed by atoms with Crippen LogP contribution in [0.3, 0.4) is 0 Å². The van der Waals surface area contributed by atoms with E-state index >= 15 is 0 Å². The zero-order valence-corrected chi connectivity index (χ0v) is 17.4. The lowest BCUT2D eigenvalue weighted by molar-refractivity contribution is -0.119. The molecule has 0 saturated carbocycles. The van der Waals surface area contributed by atoms with Gasteiger partial charge in [-0.05, 0) is 54.4 Å². The first kappa shape index (κ1) is 22.4. The van der Waals surface area contributed by atoms with E-state index in [1.54, 1.807) is 4.90 Å². The van der Waals surface area contributed by atoms with Crippen LogP contribution >= 0.6 is 0 Å². The lowest BCUT2D eigenvalue weighted by Crippen LogP contribution is -2.32. The molecule has 6 nitrogen and oxygen atoms in total. The number of nitrogens with one attached hydrogen (secondary N) is 1. The van der Waals surface area contributed by atoms with Crippen molar-refractivity contribution in [2.24, 2.45) is 0 Å². The first-order valence-electron chi connectivity index (χ1n) is 9.49. The Hall–Kier alpha value is -2.93. The Morgan fingerprint density at radius 3 is 2.38 bits per heavy atom. The maximum atomic E-state index is 13.2. The summed E-state index contributed by atoms with van der Waals surface area (Å²) in [6.45, 7) is 2.89. The monoisotopic (exact) mass is 401 g/mol. The lowest BCUT2D eigenvalue weighted by atomic mass is 10.1. The van der Waals surface area contributed by atoms with Gasteiger partial charge in [-0.25, -0.2) is 4.39 Å². The van der Waals surface area contributed by atoms with Gasteiger partial charge in [0.1, 0.15) is 12.4 Å². The quantitative estimate of drug-likeness (QED) is 0.698. The number of methoxy groups -OCH3 is 1. The van der Waals surface area contributed by atoms with Crippen molar-refractivity contribution in [2.45, 2.75) is 19.9 Å². The van der Waals surface area contributed by atoms with Crippen molar-refractivity contribution >= 4 is 23.2 Å². The van der Waals surface area contributed by atoms with Crippen LogP contribution < -0.4 is 10.2 Å². The molecule has 0 atom stereocenters. The highest BCUT2D eigenvalue weighted by Crippen LogP contribution is 2.25. The highest BCUT2D eigenvalue weighted by molar-refractivity contribution is 5.94. The van der Waals surface area contributed by atoms with Gasteiger partial charge in [-0.1, -0.05) is 6.92 Å². The summed E-state index contributed by atoms with van der Waals surface area (Å²) < 4.78 is 18.1. The fourth-order valence-corrected chi connectivity index (χ4v) is 3.06. The molecule has 156 valence electrons. The molecule has 0 radical (unpaired) electrons. The number of anilines is 2. The summed E-state index contributed by atoms with van der Waals surface area (Å²) in [6, 6.07) is 11.2. The smallest absolute Gasteiger partial charge is 0.254 e. The topological polar surface area (TPSA) is 61.9 Å². The molecule has 29 heavy (non-hydrogen) atoms. The summed E-state index contributed by atoms with van der Waals surface area (Å²) in [7, 11) is 5.31. The van der Waals surface area contributed by atoms with Crippen molar-refractivity contribution in [3.05, 3.63) is 59.4 Å². The standard InChI is InChI=1S/C22H28FN3O3/c1-5-12-26(22(28)16-6-8-18(23)9-7-16)14-17-13-19(24-21(27)15-29-4)10-11-20(17)25(2)3/h6-11,13H,5,12,14-15H2,1-4H3,(H,24,27). The number of carbonyl (C=O) groups is 2. The summed E-state index contributed by atoms with van der Waals surface area (Å²) in [6.07, 6.45) is 0.786. The van der Waals surface area contributed by atoms with Crippen molar-refractivity contribution in [2.75, 3.05) is 44.6 Å².